The summed E-state index contributed by atoms with van der Waals surface area (Å²) in [6.45, 7) is 4.12. The molecule has 2 rings (SSSR count). The van der Waals surface area contributed by atoms with Gasteiger partial charge >= 0.3 is 0 Å². The molecule has 0 radical (unpaired) electrons. The van der Waals surface area contributed by atoms with Crippen LogP contribution in [0.3, 0.4) is 0 Å². The number of benzene rings is 1. The molecule has 0 atom stereocenters. The second kappa shape index (κ2) is 6.62. The van der Waals surface area contributed by atoms with E-state index in [9.17, 15) is 4.79 Å². The Morgan fingerprint density at radius 2 is 2.06 bits per heavy atom. The Labute approximate surface area is 121 Å². The molecule has 0 bridgehead atoms. The highest BCUT2D eigenvalue weighted by atomic mass is 79.9. The molecule has 0 aromatic heterocycles. The molecular formula is C14H18BrNOS. The Morgan fingerprint density at radius 1 is 1.39 bits per heavy atom. The van der Waals surface area contributed by atoms with Gasteiger partial charge in [0.2, 0.25) is 5.91 Å². The molecule has 1 amide bonds. The van der Waals surface area contributed by atoms with Crippen LogP contribution >= 0.6 is 27.7 Å². The van der Waals surface area contributed by atoms with E-state index >= 15 is 0 Å². The Bertz CT molecular complexity index is 416. The summed E-state index contributed by atoms with van der Waals surface area (Å²) in [6.07, 6.45) is 2.29. The maximum absolute atomic E-state index is 12.1. The molecule has 1 aromatic rings. The number of carbonyl (C=O) groups excluding carboxylic acids is 1. The number of hydrogen-bond donors (Lipinski definition) is 0. The van der Waals surface area contributed by atoms with Crippen LogP contribution in [0, 0.1) is 5.92 Å². The van der Waals surface area contributed by atoms with Crippen LogP contribution in [-0.2, 0) is 4.79 Å². The predicted octanol–water partition coefficient (Wildman–Crippen LogP) is 3.80. The van der Waals surface area contributed by atoms with Gasteiger partial charge in [-0.25, -0.2) is 0 Å². The summed E-state index contributed by atoms with van der Waals surface area (Å²) in [5.41, 5.74) is 0. The second-order valence-corrected chi connectivity index (χ2v) is 6.65. The van der Waals surface area contributed by atoms with Gasteiger partial charge in [0.25, 0.3) is 0 Å². The van der Waals surface area contributed by atoms with Crippen molar-refractivity contribution >= 4 is 33.6 Å². The Hall–Kier alpha value is -0.480. The van der Waals surface area contributed by atoms with Crippen LogP contribution in [0.2, 0.25) is 0 Å². The van der Waals surface area contributed by atoms with Crippen LogP contribution < -0.4 is 0 Å². The number of piperidine rings is 1. The minimum Gasteiger partial charge on any atom is -0.342 e. The van der Waals surface area contributed by atoms with Crippen LogP contribution in [0.4, 0.5) is 0 Å². The summed E-state index contributed by atoms with van der Waals surface area (Å²) < 4.78 is 1.06. The van der Waals surface area contributed by atoms with Crippen molar-refractivity contribution in [1.82, 2.24) is 4.90 Å². The lowest BCUT2D eigenvalue weighted by Gasteiger charge is -2.30. The van der Waals surface area contributed by atoms with Gasteiger partial charge in [-0.2, -0.15) is 0 Å². The zero-order chi connectivity index (χ0) is 13.0. The fourth-order valence-electron chi connectivity index (χ4n) is 2.05. The Morgan fingerprint density at radius 3 is 2.72 bits per heavy atom. The standard InChI is InChI=1S/C14H18BrNOS/c1-11-6-8-16(9-7-11)14(17)10-18-13-5-3-2-4-12(13)15/h2-5,11H,6-10H2,1H3. The van der Waals surface area contributed by atoms with Gasteiger partial charge in [-0.15, -0.1) is 11.8 Å². The molecule has 0 unspecified atom stereocenters. The first kappa shape index (κ1) is 13.9. The average Bonchev–Trinajstić information content (AvgIpc) is 2.38. The quantitative estimate of drug-likeness (QED) is 0.787. The maximum atomic E-state index is 12.1. The van der Waals surface area contributed by atoms with Crippen molar-refractivity contribution in [3.8, 4) is 0 Å². The van der Waals surface area contributed by atoms with Gasteiger partial charge in [-0.05, 0) is 46.8 Å². The van der Waals surface area contributed by atoms with E-state index in [0.29, 0.717) is 5.75 Å². The van der Waals surface area contributed by atoms with Crippen molar-refractivity contribution < 1.29 is 4.79 Å². The van der Waals surface area contributed by atoms with E-state index in [4.69, 9.17) is 0 Å². The second-order valence-electron chi connectivity index (χ2n) is 4.78. The van der Waals surface area contributed by atoms with E-state index in [2.05, 4.69) is 22.9 Å². The SMILES string of the molecule is CC1CCN(C(=O)CSc2ccccc2Br)CC1. The fourth-order valence-corrected chi connectivity index (χ4v) is 3.52. The van der Waals surface area contributed by atoms with Crippen LogP contribution in [0.15, 0.2) is 33.6 Å². The molecule has 0 aliphatic carbocycles. The van der Waals surface area contributed by atoms with E-state index in [-0.39, 0.29) is 5.91 Å². The van der Waals surface area contributed by atoms with Crippen LogP contribution in [-0.4, -0.2) is 29.6 Å². The molecule has 0 spiro atoms. The van der Waals surface area contributed by atoms with Gasteiger partial charge in [-0.3, -0.25) is 4.79 Å². The zero-order valence-corrected chi connectivity index (χ0v) is 13.0. The Balaban J connectivity index is 1.83. The smallest absolute Gasteiger partial charge is 0.232 e. The van der Waals surface area contributed by atoms with Crippen molar-refractivity contribution in [2.45, 2.75) is 24.7 Å². The average molecular weight is 328 g/mol. The van der Waals surface area contributed by atoms with Crippen LogP contribution in [0.5, 0.6) is 0 Å². The van der Waals surface area contributed by atoms with Crippen molar-refractivity contribution in [2.75, 3.05) is 18.8 Å². The predicted molar refractivity (Wildman–Crippen MR) is 79.8 cm³/mol. The molecule has 1 aromatic carbocycles. The number of thioether (sulfide) groups is 1. The zero-order valence-electron chi connectivity index (χ0n) is 10.6. The summed E-state index contributed by atoms with van der Waals surface area (Å²) in [5, 5.41) is 0. The van der Waals surface area contributed by atoms with E-state index in [1.54, 1.807) is 11.8 Å². The molecule has 1 fully saturated rings. The molecule has 18 heavy (non-hydrogen) atoms. The Kier molecular flexibility index (Phi) is 5.13. The summed E-state index contributed by atoms with van der Waals surface area (Å²) in [5.74, 6) is 1.57. The van der Waals surface area contributed by atoms with Crippen molar-refractivity contribution in [3.63, 3.8) is 0 Å². The fraction of sp³-hybridized carbons (Fsp3) is 0.500. The first-order chi connectivity index (χ1) is 8.66. The number of halogens is 1. The third-order valence-corrected chi connectivity index (χ3v) is 5.34. The lowest BCUT2D eigenvalue weighted by Crippen LogP contribution is -2.38. The molecular weight excluding hydrogens is 310 g/mol. The van der Waals surface area contributed by atoms with E-state index in [1.165, 1.54) is 0 Å². The molecule has 4 heteroatoms. The minimum atomic E-state index is 0.266. The molecule has 1 aliphatic heterocycles. The van der Waals surface area contributed by atoms with Gasteiger partial charge < -0.3 is 4.90 Å². The summed E-state index contributed by atoms with van der Waals surface area (Å²) in [7, 11) is 0. The molecule has 1 saturated heterocycles. The van der Waals surface area contributed by atoms with Crippen LogP contribution in [0.1, 0.15) is 19.8 Å². The van der Waals surface area contributed by atoms with Gasteiger partial charge in [0.15, 0.2) is 0 Å². The molecule has 1 heterocycles. The maximum Gasteiger partial charge on any atom is 0.232 e. The van der Waals surface area contributed by atoms with Crippen molar-refractivity contribution in [3.05, 3.63) is 28.7 Å². The van der Waals surface area contributed by atoms with Crippen molar-refractivity contribution in [1.29, 1.82) is 0 Å². The molecule has 0 N–H and O–H groups in total. The third-order valence-electron chi connectivity index (χ3n) is 3.32. The highest BCUT2D eigenvalue weighted by molar-refractivity contribution is 9.10. The third kappa shape index (κ3) is 3.75. The van der Waals surface area contributed by atoms with Gasteiger partial charge in [0.1, 0.15) is 0 Å². The van der Waals surface area contributed by atoms with Gasteiger partial charge in [0, 0.05) is 22.5 Å². The topological polar surface area (TPSA) is 20.3 Å². The highest BCUT2D eigenvalue weighted by Crippen LogP contribution is 2.27. The molecule has 2 nitrogen and oxygen atoms in total. The van der Waals surface area contributed by atoms with Gasteiger partial charge in [-0.1, -0.05) is 19.1 Å². The number of nitrogens with zero attached hydrogens (tertiary/aromatic N) is 1. The molecule has 0 saturated carbocycles. The van der Waals surface area contributed by atoms with E-state index in [0.717, 1.165) is 41.2 Å². The van der Waals surface area contributed by atoms with E-state index in [1.807, 2.05) is 29.2 Å². The minimum absolute atomic E-state index is 0.266. The molecule has 98 valence electrons. The lowest BCUT2D eigenvalue weighted by atomic mass is 9.99. The summed E-state index contributed by atoms with van der Waals surface area (Å²) in [4.78, 5) is 15.2. The van der Waals surface area contributed by atoms with E-state index < -0.39 is 0 Å². The summed E-state index contributed by atoms with van der Waals surface area (Å²) in [6, 6.07) is 8.04. The normalized spacial score (nSPS) is 16.9. The van der Waals surface area contributed by atoms with Gasteiger partial charge in [0.05, 0.1) is 5.75 Å². The largest absolute Gasteiger partial charge is 0.342 e. The first-order valence-corrected chi connectivity index (χ1v) is 8.10. The number of hydrogen-bond acceptors (Lipinski definition) is 2. The highest BCUT2D eigenvalue weighted by Gasteiger charge is 2.20. The number of amides is 1. The molecule has 1 aliphatic rings. The number of likely N-dealkylation sites (tertiary alicyclic amines) is 1. The lowest BCUT2D eigenvalue weighted by molar-refractivity contribution is -0.129. The van der Waals surface area contributed by atoms with Crippen molar-refractivity contribution in [2.24, 2.45) is 5.92 Å². The van der Waals surface area contributed by atoms with Crippen LogP contribution in [0.25, 0.3) is 0 Å². The number of rotatable bonds is 3. The summed E-state index contributed by atoms with van der Waals surface area (Å²) >= 11 is 5.12. The first-order valence-electron chi connectivity index (χ1n) is 6.32. The monoisotopic (exact) mass is 327 g/mol. The number of carbonyl (C=O) groups is 1.